The van der Waals surface area contributed by atoms with E-state index in [2.05, 4.69) is 4.98 Å². The van der Waals surface area contributed by atoms with Crippen molar-refractivity contribution in [2.24, 2.45) is 0 Å². The summed E-state index contributed by atoms with van der Waals surface area (Å²) in [5.74, 6) is -0.569. The third-order valence-corrected chi connectivity index (χ3v) is 5.10. The molecule has 0 aliphatic heterocycles. The number of nitrogens with zero attached hydrogens (tertiary/aromatic N) is 1. The minimum Gasteiger partial charge on any atom is -0.306 e. The van der Waals surface area contributed by atoms with E-state index in [4.69, 9.17) is 0 Å². The third kappa shape index (κ3) is 4.85. The van der Waals surface area contributed by atoms with Crippen molar-refractivity contribution >= 4 is 11.0 Å². The predicted molar refractivity (Wildman–Crippen MR) is 118 cm³/mol. The van der Waals surface area contributed by atoms with Crippen molar-refractivity contribution in [3.8, 4) is 0 Å². The number of fused-ring (bicyclic) bond motifs is 1. The normalized spacial score (nSPS) is 10.8. The van der Waals surface area contributed by atoms with Crippen LogP contribution in [0.5, 0.6) is 0 Å². The lowest BCUT2D eigenvalue weighted by Crippen LogP contribution is -2.17. The molecule has 0 aliphatic rings. The molecule has 0 atom stereocenters. The predicted octanol–water partition coefficient (Wildman–Crippen LogP) is 6.25. The average Bonchev–Trinajstić information content (AvgIpc) is 3.09. The molecule has 0 bridgehead atoms. The first kappa shape index (κ1) is 21.5. The Kier molecular flexibility index (Phi) is 7.17. The van der Waals surface area contributed by atoms with E-state index in [1.165, 1.54) is 24.3 Å². The molecule has 1 aromatic heterocycles. The second kappa shape index (κ2) is 10.0. The number of hydrogen-bond acceptors (Lipinski definition) is 1. The Morgan fingerprint density at radius 1 is 0.833 bits per heavy atom. The maximum absolute atomic E-state index is 13.3. The fraction of sp³-hybridized carbons (Fsp3) is 0.240. The highest BCUT2D eigenvalue weighted by Crippen LogP contribution is 2.30. The molecule has 156 valence electrons. The van der Waals surface area contributed by atoms with Crippen molar-refractivity contribution in [2.45, 2.75) is 39.2 Å². The Bertz CT molecular complexity index is 1080. The summed E-state index contributed by atoms with van der Waals surface area (Å²) in [6, 6.07) is 20.4. The van der Waals surface area contributed by atoms with Gasteiger partial charge in [-0.2, -0.15) is 0 Å². The smallest absolute Gasteiger partial charge is 0.306 e. The molecular formula is C25H26F2N2O. The summed E-state index contributed by atoms with van der Waals surface area (Å²) in [7, 11) is 0. The summed E-state index contributed by atoms with van der Waals surface area (Å²) in [5, 5.41) is 0. The molecule has 0 unspecified atom stereocenters. The Balaban J connectivity index is 0.00000124. The lowest BCUT2D eigenvalue weighted by Gasteiger charge is -2.18. The SMILES string of the molecule is CC.O=c1[nH]c2ccccc2n1CCCC(c1ccc(F)cc1)c1ccc(F)cc1. The zero-order valence-corrected chi connectivity index (χ0v) is 17.2. The summed E-state index contributed by atoms with van der Waals surface area (Å²) in [6.45, 7) is 4.57. The molecule has 0 saturated carbocycles. The second-order valence-corrected chi connectivity index (χ2v) is 6.90. The van der Waals surface area contributed by atoms with Crippen molar-refractivity contribution in [3.05, 3.63) is 106 Å². The van der Waals surface area contributed by atoms with Gasteiger partial charge in [0.25, 0.3) is 0 Å². The lowest BCUT2D eigenvalue weighted by molar-refractivity contribution is 0.572. The first-order valence-corrected chi connectivity index (χ1v) is 10.3. The Hall–Kier alpha value is -3.21. The monoisotopic (exact) mass is 408 g/mol. The highest BCUT2D eigenvalue weighted by Gasteiger charge is 2.15. The van der Waals surface area contributed by atoms with Gasteiger partial charge in [-0.1, -0.05) is 50.2 Å². The molecule has 4 rings (SSSR count). The van der Waals surface area contributed by atoms with Crippen LogP contribution in [0.1, 0.15) is 43.7 Å². The maximum atomic E-state index is 13.3. The minimum atomic E-state index is -0.285. The average molecular weight is 408 g/mol. The number of H-pyrrole nitrogens is 1. The van der Waals surface area contributed by atoms with Gasteiger partial charge in [0.05, 0.1) is 11.0 Å². The summed E-state index contributed by atoms with van der Waals surface area (Å²) >= 11 is 0. The standard InChI is InChI=1S/C23H20F2N2O.C2H6/c24-18-11-7-16(8-12-18)20(17-9-13-19(25)14-10-17)4-3-15-27-22-6-2-1-5-21(22)26-23(27)28;1-2/h1-2,5-14,20H,3-4,15H2,(H,26,28);1-2H3. The van der Waals surface area contributed by atoms with E-state index in [1.54, 1.807) is 28.8 Å². The van der Waals surface area contributed by atoms with Crippen LogP contribution in [0.2, 0.25) is 0 Å². The van der Waals surface area contributed by atoms with Gasteiger partial charge >= 0.3 is 5.69 Å². The molecule has 3 nitrogen and oxygen atoms in total. The number of nitrogens with one attached hydrogen (secondary N) is 1. The van der Waals surface area contributed by atoms with Crippen LogP contribution in [-0.2, 0) is 6.54 Å². The van der Waals surface area contributed by atoms with Crippen LogP contribution in [0.25, 0.3) is 11.0 Å². The van der Waals surface area contributed by atoms with Crippen LogP contribution in [0.4, 0.5) is 8.78 Å². The van der Waals surface area contributed by atoms with Gasteiger partial charge < -0.3 is 4.98 Å². The van der Waals surface area contributed by atoms with E-state index < -0.39 is 0 Å². The number of aromatic nitrogens is 2. The van der Waals surface area contributed by atoms with Crippen LogP contribution in [0.15, 0.2) is 77.6 Å². The van der Waals surface area contributed by atoms with Gasteiger partial charge in [0, 0.05) is 12.5 Å². The van der Waals surface area contributed by atoms with Gasteiger partial charge in [-0.25, -0.2) is 13.6 Å². The molecule has 4 aromatic rings. The van der Waals surface area contributed by atoms with Gasteiger partial charge in [0.15, 0.2) is 0 Å². The van der Waals surface area contributed by atoms with Gasteiger partial charge in [0.2, 0.25) is 0 Å². The van der Waals surface area contributed by atoms with E-state index in [1.807, 2.05) is 38.1 Å². The number of aryl methyl sites for hydroxylation is 1. The molecule has 1 heterocycles. The second-order valence-electron chi connectivity index (χ2n) is 6.90. The van der Waals surface area contributed by atoms with E-state index >= 15 is 0 Å². The van der Waals surface area contributed by atoms with Crippen LogP contribution in [0, 0.1) is 11.6 Å². The van der Waals surface area contributed by atoms with Crippen molar-refractivity contribution in [1.29, 1.82) is 0 Å². The van der Waals surface area contributed by atoms with Crippen LogP contribution >= 0.6 is 0 Å². The maximum Gasteiger partial charge on any atom is 0.326 e. The van der Waals surface area contributed by atoms with Crippen LogP contribution in [-0.4, -0.2) is 9.55 Å². The summed E-state index contributed by atoms with van der Waals surface area (Å²) in [5.41, 5.74) is 3.52. The topological polar surface area (TPSA) is 37.8 Å². The largest absolute Gasteiger partial charge is 0.326 e. The molecule has 0 amide bonds. The summed E-state index contributed by atoms with van der Waals surface area (Å²) < 4.78 is 28.4. The quantitative estimate of drug-likeness (QED) is 0.402. The van der Waals surface area contributed by atoms with Crippen molar-refractivity contribution in [3.63, 3.8) is 0 Å². The van der Waals surface area contributed by atoms with Gasteiger partial charge in [0.1, 0.15) is 11.6 Å². The first-order chi connectivity index (χ1) is 14.6. The fourth-order valence-corrected chi connectivity index (χ4v) is 3.70. The molecule has 0 fully saturated rings. The first-order valence-electron chi connectivity index (χ1n) is 10.3. The minimum absolute atomic E-state index is 0.00195. The Morgan fingerprint density at radius 2 is 1.37 bits per heavy atom. The van der Waals surface area contributed by atoms with Crippen molar-refractivity contribution in [1.82, 2.24) is 9.55 Å². The number of rotatable bonds is 6. The molecule has 0 spiro atoms. The highest BCUT2D eigenvalue weighted by molar-refractivity contribution is 5.74. The molecule has 1 N–H and O–H groups in total. The molecule has 5 heteroatoms. The van der Waals surface area contributed by atoms with E-state index in [0.29, 0.717) is 6.54 Å². The van der Waals surface area contributed by atoms with Crippen LogP contribution in [0.3, 0.4) is 0 Å². The molecule has 0 radical (unpaired) electrons. The van der Waals surface area contributed by atoms with Gasteiger partial charge in [-0.05, 0) is 60.4 Å². The van der Waals surface area contributed by atoms with E-state index in [9.17, 15) is 13.6 Å². The number of hydrogen-bond donors (Lipinski definition) is 1. The highest BCUT2D eigenvalue weighted by atomic mass is 19.1. The number of aromatic amines is 1. The fourth-order valence-electron chi connectivity index (χ4n) is 3.70. The zero-order valence-electron chi connectivity index (χ0n) is 17.2. The lowest BCUT2D eigenvalue weighted by atomic mass is 9.87. The summed E-state index contributed by atoms with van der Waals surface area (Å²) in [4.78, 5) is 15.1. The Morgan fingerprint density at radius 3 is 1.93 bits per heavy atom. The van der Waals surface area contributed by atoms with Gasteiger partial charge in [-0.3, -0.25) is 4.57 Å². The zero-order chi connectivity index (χ0) is 21.5. The van der Waals surface area contributed by atoms with Crippen molar-refractivity contribution < 1.29 is 8.78 Å². The van der Waals surface area contributed by atoms with E-state index in [-0.39, 0.29) is 23.2 Å². The molecule has 0 aliphatic carbocycles. The Labute approximate surface area is 175 Å². The molecule has 0 saturated heterocycles. The van der Waals surface area contributed by atoms with Crippen molar-refractivity contribution in [2.75, 3.05) is 0 Å². The molecular weight excluding hydrogens is 382 g/mol. The number of halogens is 2. The third-order valence-electron chi connectivity index (χ3n) is 5.10. The number of benzene rings is 3. The molecule has 3 aromatic carbocycles. The summed E-state index contributed by atoms with van der Waals surface area (Å²) in [6.07, 6.45) is 1.50. The van der Waals surface area contributed by atoms with Crippen LogP contribution < -0.4 is 5.69 Å². The van der Waals surface area contributed by atoms with E-state index in [0.717, 1.165) is 35.0 Å². The number of para-hydroxylation sites is 2. The molecule has 30 heavy (non-hydrogen) atoms. The number of imidazole rings is 1. The van der Waals surface area contributed by atoms with Gasteiger partial charge in [-0.15, -0.1) is 0 Å².